The number of carbonyl (C=O) groups excluding carboxylic acids is 2. The van der Waals surface area contributed by atoms with Crippen LogP contribution in [-0.2, 0) is 4.79 Å². The van der Waals surface area contributed by atoms with Gasteiger partial charge in [-0.3, -0.25) is 14.5 Å². The first-order chi connectivity index (χ1) is 9.68. The number of rotatable bonds is 3. The van der Waals surface area contributed by atoms with Gasteiger partial charge in [-0.15, -0.1) is 0 Å². The first-order valence-corrected chi connectivity index (χ1v) is 6.40. The van der Waals surface area contributed by atoms with E-state index in [9.17, 15) is 9.59 Å². The van der Waals surface area contributed by atoms with Gasteiger partial charge in [-0.2, -0.15) is 0 Å². The van der Waals surface area contributed by atoms with Gasteiger partial charge >= 0.3 is 5.91 Å². The van der Waals surface area contributed by atoms with Gasteiger partial charge in [-0.05, 0) is 24.3 Å². The molecule has 0 saturated heterocycles. The van der Waals surface area contributed by atoms with Gasteiger partial charge in [0.15, 0.2) is 0 Å². The molecule has 1 aliphatic heterocycles. The summed E-state index contributed by atoms with van der Waals surface area (Å²) in [6.07, 6.45) is 0. The van der Waals surface area contributed by atoms with E-state index in [0.717, 1.165) is 5.69 Å². The largest absolute Gasteiger partial charge is 0.356 e. The van der Waals surface area contributed by atoms with Gasteiger partial charge in [0.1, 0.15) is 0 Å². The van der Waals surface area contributed by atoms with Gasteiger partial charge in [-0.25, -0.2) is 0 Å². The first kappa shape index (κ1) is 12.4. The summed E-state index contributed by atoms with van der Waals surface area (Å²) >= 11 is 0. The lowest BCUT2D eigenvalue weighted by Crippen LogP contribution is -2.39. The number of amides is 1. The molecular formula is C16H14N2O2. The predicted octanol–water partition coefficient (Wildman–Crippen LogP) is 2.31. The molecule has 0 radical (unpaired) electrons. The van der Waals surface area contributed by atoms with Crippen molar-refractivity contribution in [2.75, 3.05) is 23.5 Å². The Morgan fingerprint density at radius 2 is 1.60 bits per heavy atom. The highest BCUT2D eigenvalue weighted by atomic mass is 16.2. The van der Waals surface area contributed by atoms with Crippen LogP contribution in [0.15, 0.2) is 54.6 Å². The van der Waals surface area contributed by atoms with Crippen LogP contribution in [0.5, 0.6) is 0 Å². The summed E-state index contributed by atoms with van der Waals surface area (Å²) in [7, 11) is 1.90. The highest BCUT2D eigenvalue weighted by molar-refractivity contribution is 6.52. The zero-order valence-electron chi connectivity index (χ0n) is 11.1. The lowest BCUT2D eigenvalue weighted by Gasteiger charge is -2.26. The molecule has 20 heavy (non-hydrogen) atoms. The van der Waals surface area contributed by atoms with Crippen LogP contribution < -0.4 is 9.80 Å². The highest BCUT2D eigenvalue weighted by Crippen LogP contribution is 2.29. The van der Waals surface area contributed by atoms with Gasteiger partial charge in [0.2, 0.25) is 0 Å². The normalized spacial score (nSPS) is 13.6. The van der Waals surface area contributed by atoms with E-state index < -0.39 is 11.7 Å². The van der Waals surface area contributed by atoms with Crippen molar-refractivity contribution in [3.63, 3.8) is 0 Å². The SMILES string of the molecule is CN(CN1C(=O)C(=O)c2ccccc21)c1ccccc1. The Hall–Kier alpha value is -2.62. The van der Waals surface area contributed by atoms with E-state index in [-0.39, 0.29) is 0 Å². The third-order valence-electron chi connectivity index (χ3n) is 3.43. The van der Waals surface area contributed by atoms with Crippen molar-refractivity contribution in [3.05, 3.63) is 60.2 Å². The zero-order chi connectivity index (χ0) is 14.1. The molecule has 4 nitrogen and oxygen atoms in total. The molecule has 2 aromatic rings. The van der Waals surface area contributed by atoms with Crippen LogP contribution in [0.4, 0.5) is 11.4 Å². The van der Waals surface area contributed by atoms with E-state index in [1.54, 1.807) is 18.2 Å². The average Bonchev–Trinajstić information content (AvgIpc) is 2.74. The zero-order valence-corrected chi connectivity index (χ0v) is 11.1. The number of ketones is 1. The summed E-state index contributed by atoms with van der Waals surface area (Å²) in [6.45, 7) is 0.353. The van der Waals surface area contributed by atoms with Crippen molar-refractivity contribution in [2.45, 2.75) is 0 Å². The van der Waals surface area contributed by atoms with Gasteiger partial charge in [-0.1, -0.05) is 30.3 Å². The van der Waals surface area contributed by atoms with Crippen molar-refractivity contribution in [2.24, 2.45) is 0 Å². The van der Waals surface area contributed by atoms with Crippen molar-refractivity contribution in [1.29, 1.82) is 0 Å². The topological polar surface area (TPSA) is 40.6 Å². The Labute approximate surface area is 117 Å². The molecule has 0 fully saturated rings. The number of hydrogen-bond acceptors (Lipinski definition) is 3. The molecule has 2 aromatic carbocycles. The number of para-hydroxylation sites is 2. The summed E-state index contributed by atoms with van der Waals surface area (Å²) < 4.78 is 0. The minimum atomic E-state index is -0.464. The first-order valence-electron chi connectivity index (χ1n) is 6.40. The molecule has 0 spiro atoms. The van der Waals surface area contributed by atoms with E-state index in [0.29, 0.717) is 17.9 Å². The van der Waals surface area contributed by atoms with Crippen LogP contribution in [-0.4, -0.2) is 25.4 Å². The number of anilines is 2. The number of hydrogen-bond donors (Lipinski definition) is 0. The van der Waals surface area contributed by atoms with E-state index >= 15 is 0 Å². The maximum absolute atomic E-state index is 12.1. The fourth-order valence-corrected chi connectivity index (χ4v) is 2.36. The minimum absolute atomic E-state index is 0.353. The molecule has 0 N–H and O–H groups in total. The third kappa shape index (κ3) is 1.95. The van der Waals surface area contributed by atoms with E-state index in [1.807, 2.05) is 48.3 Å². The molecular weight excluding hydrogens is 252 g/mol. The van der Waals surface area contributed by atoms with Crippen LogP contribution in [0.2, 0.25) is 0 Å². The Morgan fingerprint density at radius 3 is 2.35 bits per heavy atom. The maximum atomic E-state index is 12.1. The Morgan fingerprint density at radius 1 is 0.950 bits per heavy atom. The molecule has 0 atom stereocenters. The maximum Gasteiger partial charge on any atom is 0.300 e. The molecule has 4 heteroatoms. The second-order valence-electron chi connectivity index (χ2n) is 4.75. The van der Waals surface area contributed by atoms with Gasteiger partial charge < -0.3 is 4.90 Å². The van der Waals surface area contributed by atoms with Crippen LogP contribution in [0.1, 0.15) is 10.4 Å². The Bertz CT molecular complexity index is 667. The monoisotopic (exact) mass is 266 g/mol. The summed E-state index contributed by atoms with van der Waals surface area (Å²) in [6, 6.07) is 16.9. The fraction of sp³-hybridized carbons (Fsp3) is 0.125. The Balaban J connectivity index is 1.88. The van der Waals surface area contributed by atoms with E-state index in [2.05, 4.69) is 0 Å². The molecule has 0 bridgehead atoms. The number of Topliss-reactive ketones (excluding diaryl/α,β-unsaturated/α-hetero) is 1. The second-order valence-corrected chi connectivity index (χ2v) is 4.75. The molecule has 0 unspecified atom stereocenters. The minimum Gasteiger partial charge on any atom is -0.356 e. The summed E-state index contributed by atoms with van der Waals surface area (Å²) in [5.74, 6) is -0.893. The lowest BCUT2D eigenvalue weighted by atomic mass is 10.1. The summed E-state index contributed by atoms with van der Waals surface area (Å²) in [4.78, 5) is 27.5. The third-order valence-corrected chi connectivity index (χ3v) is 3.43. The van der Waals surface area contributed by atoms with E-state index in [1.165, 1.54) is 4.90 Å². The van der Waals surface area contributed by atoms with Crippen molar-refractivity contribution in [1.82, 2.24) is 0 Å². The fourth-order valence-electron chi connectivity index (χ4n) is 2.36. The number of carbonyl (C=O) groups is 2. The summed E-state index contributed by atoms with van der Waals surface area (Å²) in [5.41, 5.74) is 2.17. The summed E-state index contributed by atoms with van der Waals surface area (Å²) in [5, 5.41) is 0. The highest BCUT2D eigenvalue weighted by Gasteiger charge is 2.35. The standard InChI is InChI=1S/C16H14N2O2/c1-17(12-7-3-2-4-8-12)11-18-14-10-6-5-9-13(14)15(19)16(18)20/h2-10H,11H2,1H3. The van der Waals surface area contributed by atoms with Crippen LogP contribution in [0, 0.1) is 0 Å². The van der Waals surface area contributed by atoms with Crippen molar-refractivity contribution in [3.8, 4) is 0 Å². The number of fused-ring (bicyclic) bond motifs is 1. The number of nitrogens with zero attached hydrogens (tertiary/aromatic N) is 2. The second kappa shape index (κ2) is 4.81. The van der Waals surface area contributed by atoms with Crippen molar-refractivity contribution >= 4 is 23.1 Å². The quantitative estimate of drug-likeness (QED) is 0.800. The van der Waals surface area contributed by atoms with Crippen molar-refractivity contribution < 1.29 is 9.59 Å². The smallest absolute Gasteiger partial charge is 0.300 e. The molecule has 1 heterocycles. The molecule has 0 saturated carbocycles. The Kier molecular flexibility index (Phi) is 2.99. The van der Waals surface area contributed by atoms with E-state index in [4.69, 9.17) is 0 Å². The average molecular weight is 266 g/mol. The van der Waals surface area contributed by atoms with Crippen LogP contribution in [0.3, 0.4) is 0 Å². The van der Waals surface area contributed by atoms with Crippen LogP contribution in [0.25, 0.3) is 0 Å². The molecule has 1 aliphatic rings. The predicted molar refractivity (Wildman–Crippen MR) is 78.0 cm³/mol. The molecule has 0 aliphatic carbocycles. The molecule has 3 rings (SSSR count). The number of benzene rings is 2. The molecule has 0 aromatic heterocycles. The van der Waals surface area contributed by atoms with Gasteiger partial charge in [0, 0.05) is 12.7 Å². The molecule has 1 amide bonds. The van der Waals surface area contributed by atoms with Crippen LogP contribution >= 0.6 is 0 Å². The van der Waals surface area contributed by atoms with Gasteiger partial charge in [0.05, 0.1) is 17.9 Å². The molecule has 100 valence electrons. The van der Waals surface area contributed by atoms with Gasteiger partial charge in [0.25, 0.3) is 5.78 Å². The lowest BCUT2D eigenvalue weighted by molar-refractivity contribution is -0.114.